The van der Waals surface area contributed by atoms with Gasteiger partial charge in [0, 0.05) is 26.1 Å². The number of nitriles is 1. The van der Waals surface area contributed by atoms with Gasteiger partial charge in [0.05, 0.1) is 17.2 Å². The Morgan fingerprint density at radius 3 is 2.65 bits per heavy atom. The van der Waals surface area contributed by atoms with Crippen molar-refractivity contribution in [1.29, 1.82) is 5.26 Å². The zero-order chi connectivity index (χ0) is 15.3. The lowest BCUT2D eigenvalue weighted by Gasteiger charge is -2.21. The molecule has 0 aliphatic heterocycles. The SMILES string of the molecule is CCN(CCOC)c1sc(C(=O)C(C)C)c(N)c1C#N. The molecule has 0 unspecified atom stereocenters. The standard InChI is InChI=1S/C14H21N3O2S/c1-5-17(6-7-19-4)14-10(8-15)11(16)13(20-14)12(18)9(2)3/h9H,5-7,16H2,1-4H3. The molecule has 20 heavy (non-hydrogen) atoms. The van der Waals surface area contributed by atoms with Crippen molar-refractivity contribution >= 4 is 27.8 Å². The van der Waals surface area contributed by atoms with E-state index in [1.54, 1.807) is 7.11 Å². The normalized spacial score (nSPS) is 10.6. The Morgan fingerprint density at radius 1 is 1.55 bits per heavy atom. The third kappa shape index (κ3) is 3.30. The van der Waals surface area contributed by atoms with Gasteiger partial charge in [-0.2, -0.15) is 5.26 Å². The summed E-state index contributed by atoms with van der Waals surface area (Å²) in [6.07, 6.45) is 0. The Morgan fingerprint density at radius 2 is 2.20 bits per heavy atom. The highest BCUT2D eigenvalue weighted by molar-refractivity contribution is 7.19. The van der Waals surface area contributed by atoms with Crippen LogP contribution in [0.15, 0.2) is 0 Å². The molecular weight excluding hydrogens is 274 g/mol. The van der Waals surface area contributed by atoms with Crippen LogP contribution in [0.3, 0.4) is 0 Å². The summed E-state index contributed by atoms with van der Waals surface area (Å²) in [5.41, 5.74) is 6.69. The molecule has 1 aromatic heterocycles. The number of carbonyl (C=O) groups is 1. The number of carbonyl (C=O) groups excluding carboxylic acids is 1. The maximum Gasteiger partial charge on any atom is 0.177 e. The average molecular weight is 295 g/mol. The fourth-order valence-corrected chi connectivity index (χ4v) is 3.16. The molecule has 110 valence electrons. The van der Waals surface area contributed by atoms with Crippen LogP contribution in [0.1, 0.15) is 36.0 Å². The second-order valence-corrected chi connectivity index (χ2v) is 5.73. The van der Waals surface area contributed by atoms with Gasteiger partial charge >= 0.3 is 0 Å². The Balaban J connectivity index is 3.23. The predicted molar refractivity (Wildman–Crippen MR) is 82.4 cm³/mol. The highest BCUT2D eigenvalue weighted by atomic mass is 32.1. The van der Waals surface area contributed by atoms with Gasteiger partial charge in [0.1, 0.15) is 16.6 Å². The van der Waals surface area contributed by atoms with Crippen molar-refractivity contribution in [3.8, 4) is 6.07 Å². The third-order valence-corrected chi connectivity index (χ3v) is 4.30. The number of nitrogen functional groups attached to an aromatic ring is 1. The van der Waals surface area contributed by atoms with Gasteiger partial charge in [0.15, 0.2) is 5.78 Å². The summed E-state index contributed by atoms with van der Waals surface area (Å²) in [7, 11) is 1.63. The number of ether oxygens (including phenoxy) is 1. The van der Waals surface area contributed by atoms with Gasteiger partial charge in [-0.25, -0.2) is 0 Å². The lowest BCUT2D eigenvalue weighted by Crippen LogP contribution is -2.26. The number of ketones is 1. The first-order valence-corrected chi connectivity index (χ1v) is 7.39. The number of likely N-dealkylation sites (N-methyl/N-ethyl adjacent to an activating group) is 1. The minimum Gasteiger partial charge on any atom is -0.396 e. The van der Waals surface area contributed by atoms with Gasteiger partial charge < -0.3 is 15.4 Å². The zero-order valence-electron chi connectivity index (χ0n) is 12.4. The van der Waals surface area contributed by atoms with Crippen LogP contribution < -0.4 is 10.6 Å². The minimum atomic E-state index is -0.135. The first kappa shape index (κ1) is 16.5. The van der Waals surface area contributed by atoms with Crippen molar-refractivity contribution in [2.24, 2.45) is 5.92 Å². The van der Waals surface area contributed by atoms with E-state index in [9.17, 15) is 10.1 Å². The molecule has 0 radical (unpaired) electrons. The van der Waals surface area contributed by atoms with Crippen molar-refractivity contribution in [2.75, 3.05) is 37.4 Å². The van der Waals surface area contributed by atoms with Gasteiger partial charge in [-0.15, -0.1) is 11.3 Å². The number of Topliss-reactive ketones (excluding diaryl/α,β-unsaturated/α-hetero) is 1. The molecule has 0 saturated heterocycles. The van der Waals surface area contributed by atoms with E-state index < -0.39 is 0 Å². The molecule has 0 amide bonds. The van der Waals surface area contributed by atoms with Gasteiger partial charge in [-0.1, -0.05) is 13.8 Å². The molecule has 1 heterocycles. The highest BCUT2D eigenvalue weighted by Gasteiger charge is 2.25. The van der Waals surface area contributed by atoms with Crippen LogP contribution in [0.4, 0.5) is 10.7 Å². The quantitative estimate of drug-likeness (QED) is 0.782. The highest BCUT2D eigenvalue weighted by Crippen LogP contribution is 2.38. The number of rotatable bonds is 7. The van der Waals surface area contributed by atoms with Crippen molar-refractivity contribution in [3.05, 3.63) is 10.4 Å². The maximum absolute atomic E-state index is 12.1. The number of hydrogen-bond acceptors (Lipinski definition) is 6. The number of thiophene rings is 1. The van der Waals surface area contributed by atoms with Crippen LogP contribution >= 0.6 is 11.3 Å². The molecule has 6 heteroatoms. The molecule has 0 aliphatic rings. The summed E-state index contributed by atoms with van der Waals surface area (Å²) in [5.74, 6) is -0.151. The Labute approximate surface area is 123 Å². The van der Waals surface area contributed by atoms with Crippen LogP contribution in [-0.2, 0) is 4.74 Å². The number of nitrogens with zero attached hydrogens (tertiary/aromatic N) is 2. The van der Waals surface area contributed by atoms with Crippen molar-refractivity contribution < 1.29 is 9.53 Å². The van der Waals surface area contributed by atoms with Crippen molar-refractivity contribution in [1.82, 2.24) is 0 Å². The molecule has 0 spiro atoms. The summed E-state index contributed by atoms with van der Waals surface area (Å²) in [6.45, 7) is 7.61. The van der Waals surface area contributed by atoms with Crippen molar-refractivity contribution in [3.63, 3.8) is 0 Å². The predicted octanol–water partition coefficient (Wildman–Crippen LogP) is 2.51. The van der Waals surface area contributed by atoms with E-state index in [0.717, 1.165) is 11.5 Å². The van der Waals surface area contributed by atoms with Gasteiger partial charge in [-0.3, -0.25) is 4.79 Å². The molecule has 0 aliphatic carbocycles. The summed E-state index contributed by atoms with van der Waals surface area (Å²) in [5, 5.41) is 10.1. The molecule has 0 bridgehead atoms. The van der Waals surface area contributed by atoms with E-state index in [1.807, 2.05) is 25.7 Å². The summed E-state index contributed by atoms with van der Waals surface area (Å²) >= 11 is 1.30. The van der Waals surface area contributed by atoms with E-state index in [2.05, 4.69) is 6.07 Å². The van der Waals surface area contributed by atoms with E-state index in [0.29, 0.717) is 29.3 Å². The van der Waals surface area contributed by atoms with Crippen molar-refractivity contribution in [2.45, 2.75) is 20.8 Å². The van der Waals surface area contributed by atoms with E-state index in [4.69, 9.17) is 10.5 Å². The second-order valence-electron chi connectivity index (χ2n) is 4.73. The second kappa shape index (κ2) is 7.27. The molecular formula is C14H21N3O2S. The maximum atomic E-state index is 12.1. The first-order valence-electron chi connectivity index (χ1n) is 6.58. The number of hydrogen-bond donors (Lipinski definition) is 1. The number of anilines is 2. The van der Waals surface area contributed by atoms with Gasteiger partial charge in [0.2, 0.25) is 0 Å². The smallest absolute Gasteiger partial charge is 0.177 e. The minimum absolute atomic E-state index is 0.0157. The molecule has 0 aromatic carbocycles. The van der Waals surface area contributed by atoms with Crippen LogP contribution in [0, 0.1) is 17.2 Å². The molecule has 0 saturated carbocycles. The fraction of sp³-hybridized carbons (Fsp3) is 0.571. The molecule has 0 atom stereocenters. The zero-order valence-corrected chi connectivity index (χ0v) is 13.2. The Bertz CT molecular complexity index is 517. The summed E-state index contributed by atoms with van der Waals surface area (Å²) < 4.78 is 5.07. The van der Waals surface area contributed by atoms with Gasteiger partial charge in [0.25, 0.3) is 0 Å². The molecule has 1 aromatic rings. The van der Waals surface area contributed by atoms with Crippen LogP contribution in [0.2, 0.25) is 0 Å². The molecule has 2 N–H and O–H groups in total. The molecule has 5 nitrogen and oxygen atoms in total. The van der Waals surface area contributed by atoms with E-state index in [-0.39, 0.29) is 11.7 Å². The lowest BCUT2D eigenvalue weighted by molar-refractivity contribution is 0.0944. The summed E-state index contributed by atoms with van der Waals surface area (Å²) in [6, 6.07) is 2.12. The van der Waals surface area contributed by atoms with Crippen LogP contribution in [0.5, 0.6) is 0 Å². The van der Waals surface area contributed by atoms with Crippen LogP contribution in [0.25, 0.3) is 0 Å². The van der Waals surface area contributed by atoms with Crippen LogP contribution in [-0.4, -0.2) is 32.6 Å². The largest absolute Gasteiger partial charge is 0.396 e. The Kier molecular flexibility index (Phi) is 5.99. The topological polar surface area (TPSA) is 79.3 Å². The van der Waals surface area contributed by atoms with Gasteiger partial charge in [-0.05, 0) is 6.92 Å². The summed E-state index contributed by atoms with van der Waals surface area (Å²) in [4.78, 5) is 14.7. The fourth-order valence-electron chi connectivity index (χ4n) is 1.81. The first-order chi connectivity index (χ1) is 9.47. The molecule has 0 fully saturated rings. The molecule has 1 rings (SSSR count). The monoisotopic (exact) mass is 295 g/mol. The lowest BCUT2D eigenvalue weighted by atomic mass is 10.1. The van der Waals surface area contributed by atoms with E-state index in [1.165, 1.54) is 11.3 Å². The third-order valence-electron chi connectivity index (χ3n) is 3.02. The van der Waals surface area contributed by atoms with E-state index >= 15 is 0 Å². The number of methoxy groups -OCH3 is 1. The Hall–Kier alpha value is -1.58. The average Bonchev–Trinajstić information content (AvgIpc) is 2.75. The number of nitrogens with two attached hydrogens (primary N) is 1.